The highest BCUT2D eigenvalue weighted by Crippen LogP contribution is 2.24. The summed E-state index contributed by atoms with van der Waals surface area (Å²) in [5.41, 5.74) is 0.858. The Balaban J connectivity index is 2.27. The van der Waals surface area contributed by atoms with Crippen molar-refractivity contribution in [1.29, 1.82) is 0 Å². The number of imidazole rings is 1. The first-order valence-corrected chi connectivity index (χ1v) is 6.14. The van der Waals surface area contributed by atoms with Crippen molar-refractivity contribution < 1.29 is 4.52 Å². The van der Waals surface area contributed by atoms with Crippen molar-refractivity contribution in [3.05, 3.63) is 18.4 Å². The predicted molar refractivity (Wildman–Crippen MR) is 68.1 cm³/mol. The topological polar surface area (TPSA) is 68.8 Å². The summed E-state index contributed by atoms with van der Waals surface area (Å²) < 4.78 is 7.25. The molecule has 0 aliphatic rings. The molecule has 2 heterocycles. The lowest BCUT2D eigenvalue weighted by molar-refractivity contribution is 0.322. The molecule has 0 aliphatic heterocycles. The summed E-state index contributed by atoms with van der Waals surface area (Å²) in [5, 5.41) is 7.25. The van der Waals surface area contributed by atoms with Crippen molar-refractivity contribution in [2.75, 3.05) is 7.05 Å². The van der Waals surface area contributed by atoms with E-state index in [4.69, 9.17) is 4.52 Å². The Kier molecular flexibility index (Phi) is 3.76. The van der Waals surface area contributed by atoms with Gasteiger partial charge in [0.2, 0.25) is 11.7 Å². The molecular formula is C12H19N5O. The van der Waals surface area contributed by atoms with Crippen LogP contribution in [0.2, 0.25) is 0 Å². The minimum atomic E-state index is 0.226. The third kappa shape index (κ3) is 2.28. The van der Waals surface area contributed by atoms with Gasteiger partial charge in [-0.25, -0.2) is 4.98 Å². The van der Waals surface area contributed by atoms with Crippen LogP contribution in [0.25, 0.3) is 11.5 Å². The van der Waals surface area contributed by atoms with Crippen LogP contribution in [0.5, 0.6) is 0 Å². The van der Waals surface area contributed by atoms with E-state index in [1.54, 1.807) is 12.5 Å². The largest absolute Gasteiger partial charge is 0.339 e. The van der Waals surface area contributed by atoms with E-state index in [-0.39, 0.29) is 5.92 Å². The van der Waals surface area contributed by atoms with Crippen molar-refractivity contribution in [1.82, 2.24) is 25.0 Å². The van der Waals surface area contributed by atoms with Gasteiger partial charge in [-0.05, 0) is 20.4 Å². The second-order valence-electron chi connectivity index (χ2n) is 4.44. The van der Waals surface area contributed by atoms with Crippen LogP contribution in [0, 0.1) is 0 Å². The Labute approximate surface area is 106 Å². The molecule has 0 aliphatic carbocycles. The summed E-state index contributed by atoms with van der Waals surface area (Å²) in [6, 6.07) is 0.301. The lowest BCUT2D eigenvalue weighted by Crippen LogP contribution is -2.28. The minimum Gasteiger partial charge on any atom is -0.339 e. The minimum absolute atomic E-state index is 0.226. The molecule has 0 saturated carbocycles. The summed E-state index contributed by atoms with van der Waals surface area (Å²) in [4.78, 5) is 8.53. The van der Waals surface area contributed by atoms with Crippen LogP contribution in [-0.2, 0) is 7.05 Å². The molecule has 6 heteroatoms. The highest BCUT2D eigenvalue weighted by Gasteiger charge is 2.23. The highest BCUT2D eigenvalue weighted by atomic mass is 16.5. The summed E-state index contributed by atoms with van der Waals surface area (Å²) >= 11 is 0. The number of hydrogen-bond donors (Lipinski definition) is 1. The van der Waals surface area contributed by atoms with Gasteiger partial charge in [-0.3, -0.25) is 0 Å². The number of aryl methyl sites for hydroxylation is 1. The van der Waals surface area contributed by atoms with Crippen LogP contribution in [0.15, 0.2) is 17.0 Å². The monoisotopic (exact) mass is 249 g/mol. The SMILES string of the molecule is CCC(c1nc(-c2cncn2C)no1)C(C)NC. The molecule has 2 atom stereocenters. The summed E-state index contributed by atoms with van der Waals surface area (Å²) in [7, 11) is 3.84. The van der Waals surface area contributed by atoms with E-state index >= 15 is 0 Å². The van der Waals surface area contributed by atoms with Crippen molar-refractivity contribution in [2.24, 2.45) is 7.05 Å². The van der Waals surface area contributed by atoms with E-state index in [1.807, 2.05) is 18.7 Å². The molecule has 1 N–H and O–H groups in total. The van der Waals surface area contributed by atoms with Crippen molar-refractivity contribution in [3.8, 4) is 11.5 Å². The Morgan fingerprint density at radius 1 is 1.50 bits per heavy atom. The molecule has 2 rings (SSSR count). The van der Waals surface area contributed by atoms with Crippen LogP contribution in [0.1, 0.15) is 32.1 Å². The first-order chi connectivity index (χ1) is 8.67. The van der Waals surface area contributed by atoms with Crippen LogP contribution in [0.4, 0.5) is 0 Å². The molecule has 0 fully saturated rings. The Morgan fingerprint density at radius 3 is 2.83 bits per heavy atom. The van der Waals surface area contributed by atoms with Crippen LogP contribution >= 0.6 is 0 Å². The average Bonchev–Trinajstić information content (AvgIpc) is 2.98. The smallest absolute Gasteiger partial charge is 0.231 e. The molecule has 18 heavy (non-hydrogen) atoms. The number of nitrogens with zero attached hydrogens (tertiary/aromatic N) is 4. The van der Waals surface area contributed by atoms with Gasteiger partial charge in [0.15, 0.2) is 0 Å². The molecule has 0 bridgehead atoms. The zero-order valence-corrected chi connectivity index (χ0v) is 11.2. The van der Waals surface area contributed by atoms with Crippen molar-refractivity contribution >= 4 is 0 Å². The number of nitrogens with one attached hydrogen (secondary N) is 1. The van der Waals surface area contributed by atoms with Crippen molar-refractivity contribution in [3.63, 3.8) is 0 Å². The van der Waals surface area contributed by atoms with Gasteiger partial charge in [-0.2, -0.15) is 4.98 Å². The zero-order chi connectivity index (χ0) is 13.1. The molecule has 2 unspecified atom stereocenters. The molecule has 0 saturated heterocycles. The molecule has 0 radical (unpaired) electrons. The highest BCUT2D eigenvalue weighted by molar-refractivity contribution is 5.47. The van der Waals surface area contributed by atoms with Crippen LogP contribution in [-0.4, -0.2) is 32.8 Å². The van der Waals surface area contributed by atoms with E-state index in [2.05, 4.69) is 34.3 Å². The third-order valence-corrected chi connectivity index (χ3v) is 3.30. The van der Waals surface area contributed by atoms with E-state index in [0.717, 1.165) is 12.1 Å². The third-order valence-electron chi connectivity index (χ3n) is 3.30. The fourth-order valence-electron chi connectivity index (χ4n) is 2.01. The van der Waals surface area contributed by atoms with Gasteiger partial charge in [0.1, 0.15) is 5.69 Å². The normalized spacial score (nSPS) is 14.7. The van der Waals surface area contributed by atoms with Gasteiger partial charge in [0.25, 0.3) is 0 Å². The quantitative estimate of drug-likeness (QED) is 0.871. The maximum atomic E-state index is 5.38. The maximum absolute atomic E-state index is 5.38. The second-order valence-corrected chi connectivity index (χ2v) is 4.44. The molecular weight excluding hydrogens is 230 g/mol. The first-order valence-electron chi connectivity index (χ1n) is 6.14. The average molecular weight is 249 g/mol. The molecule has 6 nitrogen and oxygen atoms in total. The summed E-state index contributed by atoms with van der Waals surface area (Å²) in [6.07, 6.45) is 4.41. The van der Waals surface area contributed by atoms with Gasteiger partial charge < -0.3 is 14.4 Å². The zero-order valence-electron chi connectivity index (χ0n) is 11.2. The Morgan fingerprint density at radius 2 is 2.28 bits per heavy atom. The van der Waals surface area contributed by atoms with E-state index in [1.165, 1.54) is 0 Å². The number of rotatable bonds is 5. The first kappa shape index (κ1) is 12.8. The van der Waals surface area contributed by atoms with E-state index < -0.39 is 0 Å². The lowest BCUT2D eigenvalue weighted by atomic mass is 9.98. The Hall–Kier alpha value is -1.69. The van der Waals surface area contributed by atoms with Crippen LogP contribution in [0.3, 0.4) is 0 Å². The number of hydrogen-bond acceptors (Lipinski definition) is 5. The second kappa shape index (κ2) is 5.30. The molecule has 98 valence electrons. The fraction of sp³-hybridized carbons (Fsp3) is 0.583. The standard InChI is InChI=1S/C12H19N5O/c1-5-9(8(2)13-3)12-15-11(16-18-12)10-6-14-7-17(10)4/h6-9,13H,5H2,1-4H3. The van der Waals surface area contributed by atoms with Gasteiger partial charge in [0.05, 0.1) is 18.4 Å². The van der Waals surface area contributed by atoms with E-state index in [9.17, 15) is 0 Å². The Bertz CT molecular complexity index is 504. The number of likely N-dealkylation sites (N-methyl/N-ethyl adjacent to an activating group) is 1. The van der Waals surface area contributed by atoms with Gasteiger partial charge in [0, 0.05) is 13.1 Å². The maximum Gasteiger partial charge on any atom is 0.231 e. The van der Waals surface area contributed by atoms with Gasteiger partial charge in [-0.1, -0.05) is 12.1 Å². The lowest BCUT2D eigenvalue weighted by Gasteiger charge is -2.17. The van der Waals surface area contributed by atoms with Gasteiger partial charge >= 0.3 is 0 Å². The van der Waals surface area contributed by atoms with Crippen molar-refractivity contribution in [2.45, 2.75) is 32.2 Å². The predicted octanol–water partition coefficient (Wildman–Crippen LogP) is 1.57. The molecule has 0 amide bonds. The van der Waals surface area contributed by atoms with E-state index in [0.29, 0.717) is 17.8 Å². The number of aromatic nitrogens is 4. The van der Waals surface area contributed by atoms with Gasteiger partial charge in [-0.15, -0.1) is 0 Å². The fourth-order valence-corrected chi connectivity index (χ4v) is 2.01. The summed E-state index contributed by atoms with van der Waals surface area (Å²) in [5.74, 6) is 1.49. The summed E-state index contributed by atoms with van der Waals surface area (Å²) in [6.45, 7) is 4.23. The molecule has 2 aromatic heterocycles. The molecule has 0 spiro atoms. The molecule has 2 aromatic rings. The van der Waals surface area contributed by atoms with Crippen LogP contribution < -0.4 is 5.32 Å². The molecule has 0 aromatic carbocycles.